The normalized spacial score (nSPS) is 40.3. The molecular weight excluding hydrogens is 216 g/mol. The van der Waals surface area contributed by atoms with Gasteiger partial charge in [0.1, 0.15) is 24.4 Å². The van der Waals surface area contributed by atoms with Gasteiger partial charge in [0.25, 0.3) is 0 Å². The summed E-state index contributed by atoms with van der Waals surface area (Å²) in [6.45, 7) is 3.71. The van der Waals surface area contributed by atoms with Crippen molar-refractivity contribution in [2.75, 3.05) is 13.7 Å². The maximum absolute atomic E-state index is 9.64. The predicted molar refractivity (Wildman–Crippen MR) is 54.8 cm³/mol. The van der Waals surface area contributed by atoms with Crippen LogP contribution >= 0.6 is 0 Å². The first-order chi connectivity index (χ1) is 7.47. The molecule has 16 heavy (non-hydrogen) atoms. The fourth-order valence-corrected chi connectivity index (χ4v) is 1.60. The zero-order chi connectivity index (χ0) is 12.3. The Kier molecular flexibility index (Phi) is 5.10. The van der Waals surface area contributed by atoms with E-state index in [1.54, 1.807) is 13.8 Å². The van der Waals surface area contributed by atoms with E-state index >= 15 is 0 Å². The minimum Gasteiger partial charge on any atom is -0.387 e. The smallest absolute Gasteiger partial charge is 0.186 e. The Hall–Kier alpha value is -0.240. The van der Waals surface area contributed by atoms with Crippen molar-refractivity contribution in [1.82, 2.24) is 0 Å². The summed E-state index contributed by atoms with van der Waals surface area (Å²) in [6.07, 6.45) is -5.53. The summed E-state index contributed by atoms with van der Waals surface area (Å²) in [4.78, 5) is 0. The van der Waals surface area contributed by atoms with Crippen LogP contribution in [0.2, 0.25) is 0 Å². The van der Waals surface area contributed by atoms with Crippen molar-refractivity contribution in [3.63, 3.8) is 0 Å². The van der Waals surface area contributed by atoms with Crippen LogP contribution in [-0.2, 0) is 14.2 Å². The first-order valence-corrected chi connectivity index (χ1v) is 5.31. The summed E-state index contributed by atoms with van der Waals surface area (Å²) in [5.74, 6) is 0. The van der Waals surface area contributed by atoms with Gasteiger partial charge in [0, 0.05) is 7.11 Å². The molecule has 0 aromatic heterocycles. The highest BCUT2D eigenvalue weighted by Gasteiger charge is 2.44. The molecule has 0 aromatic carbocycles. The van der Waals surface area contributed by atoms with Gasteiger partial charge in [0.15, 0.2) is 6.29 Å². The molecular formula is C10H20O6. The van der Waals surface area contributed by atoms with Crippen LogP contribution in [-0.4, -0.2) is 65.8 Å². The zero-order valence-electron chi connectivity index (χ0n) is 9.74. The summed E-state index contributed by atoms with van der Waals surface area (Å²) in [6, 6.07) is 0. The van der Waals surface area contributed by atoms with Crippen molar-refractivity contribution in [1.29, 1.82) is 0 Å². The molecule has 5 atom stereocenters. The van der Waals surface area contributed by atoms with Crippen LogP contribution in [0.15, 0.2) is 0 Å². The Balaban J connectivity index is 2.65. The van der Waals surface area contributed by atoms with Crippen LogP contribution < -0.4 is 0 Å². The van der Waals surface area contributed by atoms with Gasteiger partial charge in [-0.3, -0.25) is 0 Å². The van der Waals surface area contributed by atoms with Crippen LogP contribution in [0.4, 0.5) is 0 Å². The summed E-state index contributed by atoms with van der Waals surface area (Å²) in [5, 5.41) is 28.9. The highest BCUT2D eigenvalue weighted by molar-refractivity contribution is 4.89. The molecule has 1 aliphatic rings. The molecule has 6 nitrogen and oxygen atoms in total. The van der Waals surface area contributed by atoms with Crippen LogP contribution in [0.25, 0.3) is 0 Å². The van der Waals surface area contributed by atoms with E-state index in [4.69, 9.17) is 14.2 Å². The maximum Gasteiger partial charge on any atom is 0.186 e. The van der Waals surface area contributed by atoms with Crippen LogP contribution in [0, 0.1) is 0 Å². The third-order valence-electron chi connectivity index (χ3n) is 2.41. The predicted octanol–water partition coefficient (Wildman–Crippen LogP) is -1.13. The van der Waals surface area contributed by atoms with E-state index in [2.05, 4.69) is 0 Å². The molecule has 0 aliphatic carbocycles. The standard InChI is InChI=1S/C10H20O6/c1-5(2)15-10-9(13)8(12)7(11)6(16-10)4-14-3/h5-13H,4H2,1-3H3/t6-,7-,8+,9-,10-/m1/s1. The van der Waals surface area contributed by atoms with Gasteiger partial charge in [-0.1, -0.05) is 0 Å². The second-order valence-corrected chi connectivity index (χ2v) is 4.15. The Labute approximate surface area is 94.7 Å². The Morgan fingerprint density at radius 2 is 1.75 bits per heavy atom. The number of ether oxygens (including phenoxy) is 3. The molecule has 96 valence electrons. The molecule has 0 saturated carbocycles. The summed E-state index contributed by atoms with van der Waals surface area (Å²) in [7, 11) is 1.46. The molecule has 6 heteroatoms. The molecule has 0 bridgehead atoms. The fraction of sp³-hybridized carbons (Fsp3) is 1.00. The zero-order valence-corrected chi connectivity index (χ0v) is 9.74. The first kappa shape index (κ1) is 13.8. The van der Waals surface area contributed by atoms with Crippen molar-refractivity contribution in [3.05, 3.63) is 0 Å². The number of methoxy groups -OCH3 is 1. The van der Waals surface area contributed by atoms with Crippen molar-refractivity contribution >= 4 is 0 Å². The van der Waals surface area contributed by atoms with E-state index in [1.807, 2.05) is 0 Å². The van der Waals surface area contributed by atoms with E-state index in [9.17, 15) is 15.3 Å². The minimum atomic E-state index is -1.29. The van der Waals surface area contributed by atoms with Gasteiger partial charge < -0.3 is 29.5 Å². The summed E-state index contributed by atoms with van der Waals surface area (Å²) in [5.41, 5.74) is 0. The van der Waals surface area contributed by atoms with Gasteiger partial charge in [0.2, 0.25) is 0 Å². The largest absolute Gasteiger partial charge is 0.387 e. The molecule has 0 amide bonds. The molecule has 3 N–H and O–H groups in total. The highest BCUT2D eigenvalue weighted by atomic mass is 16.7. The van der Waals surface area contributed by atoms with Gasteiger partial charge >= 0.3 is 0 Å². The summed E-state index contributed by atoms with van der Waals surface area (Å²) < 4.78 is 15.5. The monoisotopic (exact) mass is 236 g/mol. The van der Waals surface area contributed by atoms with Crippen molar-refractivity contribution in [2.24, 2.45) is 0 Å². The fourth-order valence-electron chi connectivity index (χ4n) is 1.60. The average Bonchev–Trinajstić information content (AvgIpc) is 2.21. The van der Waals surface area contributed by atoms with Gasteiger partial charge in [0.05, 0.1) is 12.7 Å². The number of hydrogen-bond donors (Lipinski definition) is 3. The Bertz CT molecular complexity index is 209. The highest BCUT2D eigenvalue weighted by Crippen LogP contribution is 2.23. The van der Waals surface area contributed by atoms with E-state index in [0.717, 1.165) is 0 Å². The quantitative estimate of drug-likeness (QED) is 0.572. The molecule has 0 aromatic rings. The van der Waals surface area contributed by atoms with E-state index in [-0.39, 0.29) is 12.7 Å². The third kappa shape index (κ3) is 3.13. The lowest BCUT2D eigenvalue weighted by Gasteiger charge is -2.40. The molecule has 1 rings (SSSR count). The molecule has 0 spiro atoms. The first-order valence-electron chi connectivity index (χ1n) is 5.31. The molecule has 1 aliphatic heterocycles. The van der Waals surface area contributed by atoms with Gasteiger partial charge in [-0.15, -0.1) is 0 Å². The van der Waals surface area contributed by atoms with Gasteiger partial charge in [-0.2, -0.15) is 0 Å². The van der Waals surface area contributed by atoms with Gasteiger partial charge in [-0.25, -0.2) is 0 Å². The molecule has 0 unspecified atom stereocenters. The number of hydrogen-bond acceptors (Lipinski definition) is 6. The van der Waals surface area contributed by atoms with E-state index in [1.165, 1.54) is 7.11 Å². The summed E-state index contributed by atoms with van der Waals surface area (Å²) >= 11 is 0. The van der Waals surface area contributed by atoms with Crippen molar-refractivity contribution < 1.29 is 29.5 Å². The minimum absolute atomic E-state index is 0.128. The maximum atomic E-state index is 9.64. The molecule has 1 heterocycles. The van der Waals surface area contributed by atoms with E-state index in [0.29, 0.717) is 0 Å². The topological polar surface area (TPSA) is 88.4 Å². The second kappa shape index (κ2) is 5.90. The SMILES string of the molecule is COC[C@H]1O[C@@H](OC(C)C)[C@H](O)[C@@H](O)[C@@H]1O. The van der Waals surface area contributed by atoms with Crippen LogP contribution in [0.3, 0.4) is 0 Å². The molecule has 0 radical (unpaired) electrons. The van der Waals surface area contributed by atoms with Crippen LogP contribution in [0.5, 0.6) is 0 Å². The van der Waals surface area contributed by atoms with Crippen LogP contribution in [0.1, 0.15) is 13.8 Å². The number of rotatable bonds is 4. The number of aliphatic hydroxyl groups excluding tert-OH is 3. The lowest BCUT2D eigenvalue weighted by molar-refractivity contribution is -0.309. The lowest BCUT2D eigenvalue weighted by atomic mass is 9.99. The lowest BCUT2D eigenvalue weighted by Crippen LogP contribution is -2.59. The molecule has 1 fully saturated rings. The van der Waals surface area contributed by atoms with Crippen molar-refractivity contribution in [2.45, 2.75) is 50.7 Å². The van der Waals surface area contributed by atoms with Crippen molar-refractivity contribution in [3.8, 4) is 0 Å². The number of aliphatic hydroxyl groups is 3. The Morgan fingerprint density at radius 3 is 2.25 bits per heavy atom. The average molecular weight is 236 g/mol. The van der Waals surface area contributed by atoms with Gasteiger partial charge in [-0.05, 0) is 13.8 Å². The van der Waals surface area contributed by atoms with E-state index < -0.39 is 30.7 Å². The Morgan fingerprint density at radius 1 is 1.12 bits per heavy atom. The second-order valence-electron chi connectivity index (χ2n) is 4.15. The molecule has 1 saturated heterocycles. The third-order valence-corrected chi connectivity index (χ3v) is 2.41.